The third-order valence-electron chi connectivity index (χ3n) is 2.56. The first kappa shape index (κ1) is 8.35. The van der Waals surface area contributed by atoms with Gasteiger partial charge >= 0.3 is 0 Å². The Morgan fingerprint density at radius 1 is 1.40 bits per heavy atom. The molecule has 0 saturated carbocycles. The molecule has 0 spiro atoms. The molecule has 2 aromatic rings. The van der Waals surface area contributed by atoms with Gasteiger partial charge in [-0.05, 0) is 6.07 Å². The average molecular weight is 202 g/mol. The van der Waals surface area contributed by atoms with E-state index in [1.54, 1.807) is 18.2 Å². The Morgan fingerprint density at radius 3 is 3.13 bits per heavy atom. The molecule has 0 aromatic carbocycles. The standard InChI is InChI=1S/C11H7FN2O/c12-8-6-13-9-3-4-10(15)14-5-1-2-7(8)11(9)14/h1-4,6H,5H2. The van der Waals surface area contributed by atoms with Gasteiger partial charge in [0.15, 0.2) is 5.82 Å². The van der Waals surface area contributed by atoms with Gasteiger partial charge < -0.3 is 4.57 Å². The van der Waals surface area contributed by atoms with E-state index in [1.807, 2.05) is 0 Å². The molecule has 2 aromatic heterocycles. The fraction of sp³-hybridized carbons (Fsp3) is 0.0909. The number of hydrogen-bond donors (Lipinski definition) is 0. The van der Waals surface area contributed by atoms with Gasteiger partial charge in [-0.15, -0.1) is 0 Å². The van der Waals surface area contributed by atoms with Gasteiger partial charge in [0.1, 0.15) is 0 Å². The summed E-state index contributed by atoms with van der Waals surface area (Å²) in [4.78, 5) is 15.5. The van der Waals surface area contributed by atoms with Crippen molar-refractivity contribution < 1.29 is 4.39 Å². The molecule has 4 heteroatoms. The van der Waals surface area contributed by atoms with Crippen molar-refractivity contribution in [3.05, 3.63) is 46.1 Å². The van der Waals surface area contributed by atoms with Crippen molar-refractivity contribution in [2.75, 3.05) is 0 Å². The topological polar surface area (TPSA) is 34.9 Å². The summed E-state index contributed by atoms with van der Waals surface area (Å²) < 4.78 is 15.0. The number of pyridine rings is 2. The lowest BCUT2D eigenvalue weighted by molar-refractivity contribution is 0.618. The summed E-state index contributed by atoms with van der Waals surface area (Å²) in [6.45, 7) is 0.480. The van der Waals surface area contributed by atoms with Crippen LogP contribution in [0.1, 0.15) is 5.56 Å². The van der Waals surface area contributed by atoms with Crippen molar-refractivity contribution in [3.63, 3.8) is 0 Å². The summed E-state index contributed by atoms with van der Waals surface area (Å²) in [7, 11) is 0. The molecule has 0 unspecified atom stereocenters. The molecule has 0 saturated heterocycles. The molecule has 1 aliphatic rings. The third kappa shape index (κ3) is 1.05. The summed E-state index contributed by atoms with van der Waals surface area (Å²) in [5.41, 5.74) is 1.56. The van der Waals surface area contributed by atoms with Crippen molar-refractivity contribution >= 4 is 17.1 Å². The van der Waals surface area contributed by atoms with Crippen LogP contribution in [0.4, 0.5) is 4.39 Å². The molecule has 0 aliphatic carbocycles. The molecule has 0 amide bonds. The number of hydrogen-bond acceptors (Lipinski definition) is 2. The zero-order valence-electron chi connectivity index (χ0n) is 7.77. The van der Waals surface area contributed by atoms with Crippen LogP contribution in [0, 0.1) is 5.82 Å². The Hall–Kier alpha value is -1.97. The van der Waals surface area contributed by atoms with Crippen LogP contribution in [0.15, 0.2) is 29.2 Å². The lowest BCUT2D eigenvalue weighted by Crippen LogP contribution is -2.21. The van der Waals surface area contributed by atoms with E-state index in [0.717, 1.165) is 0 Å². The van der Waals surface area contributed by atoms with Crippen molar-refractivity contribution in [2.45, 2.75) is 6.54 Å². The number of aromatic nitrogens is 2. The Bertz CT molecular complexity index is 643. The summed E-state index contributed by atoms with van der Waals surface area (Å²) in [6, 6.07) is 3.08. The van der Waals surface area contributed by atoms with E-state index in [2.05, 4.69) is 4.98 Å². The molecular formula is C11H7FN2O. The minimum Gasteiger partial charge on any atom is -0.302 e. The highest BCUT2D eigenvalue weighted by Gasteiger charge is 2.13. The Labute approximate surface area is 84.5 Å². The number of nitrogens with zero attached hydrogens (tertiary/aromatic N) is 2. The normalized spacial score (nSPS) is 13.4. The predicted octanol–water partition coefficient (Wildman–Crippen LogP) is 1.56. The maximum Gasteiger partial charge on any atom is 0.251 e. The second kappa shape index (κ2) is 2.76. The molecule has 0 N–H and O–H groups in total. The highest BCUT2D eigenvalue weighted by Crippen LogP contribution is 2.22. The van der Waals surface area contributed by atoms with Crippen LogP contribution in [0.2, 0.25) is 0 Å². The molecule has 0 radical (unpaired) electrons. The molecule has 3 heterocycles. The number of allylic oxidation sites excluding steroid dienone is 1. The minimum atomic E-state index is -0.391. The second-order valence-corrected chi connectivity index (χ2v) is 3.44. The molecule has 74 valence electrons. The van der Waals surface area contributed by atoms with Crippen LogP contribution < -0.4 is 5.56 Å². The van der Waals surface area contributed by atoms with E-state index < -0.39 is 5.82 Å². The SMILES string of the molecule is O=c1ccc2ncc(F)c3c2n1CC=C3. The zero-order chi connectivity index (χ0) is 10.4. The van der Waals surface area contributed by atoms with Gasteiger partial charge in [-0.3, -0.25) is 9.78 Å². The third-order valence-corrected chi connectivity index (χ3v) is 2.56. The first-order valence-electron chi connectivity index (χ1n) is 4.62. The van der Waals surface area contributed by atoms with Crippen molar-refractivity contribution in [1.82, 2.24) is 9.55 Å². The summed E-state index contributed by atoms with van der Waals surface area (Å²) in [5, 5.41) is 0. The van der Waals surface area contributed by atoms with Crippen molar-refractivity contribution in [1.29, 1.82) is 0 Å². The van der Waals surface area contributed by atoms with Crippen LogP contribution in [-0.4, -0.2) is 9.55 Å². The monoisotopic (exact) mass is 202 g/mol. The zero-order valence-corrected chi connectivity index (χ0v) is 7.77. The number of halogens is 1. The van der Waals surface area contributed by atoms with Gasteiger partial charge in [-0.25, -0.2) is 4.39 Å². The fourth-order valence-corrected chi connectivity index (χ4v) is 1.88. The quantitative estimate of drug-likeness (QED) is 0.649. The summed E-state index contributed by atoms with van der Waals surface area (Å²) >= 11 is 0. The smallest absolute Gasteiger partial charge is 0.251 e. The Kier molecular flexibility index (Phi) is 1.54. The van der Waals surface area contributed by atoms with Gasteiger partial charge in [0.05, 0.1) is 17.2 Å². The molecule has 3 rings (SSSR count). The fourth-order valence-electron chi connectivity index (χ4n) is 1.88. The largest absolute Gasteiger partial charge is 0.302 e. The summed E-state index contributed by atoms with van der Waals surface area (Å²) in [6.07, 6.45) is 4.65. The second-order valence-electron chi connectivity index (χ2n) is 3.44. The van der Waals surface area contributed by atoms with E-state index in [9.17, 15) is 9.18 Å². The van der Waals surface area contributed by atoms with E-state index in [1.165, 1.54) is 16.8 Å². The number of rotatable bonds is 0. The van der Waals surface area contributed by atoms with Crippen molar-refractivity contribution in [3.8, 4) is 0 Å². The van der Waals surface area contributed by atoms with E-state index >= 15 is 0 Å². The molecule has 3 nitrogen and oxygen atoms in total. The van der Waals surface area contributed by atoms with Crippen molar-refractivity contribution in [2.24, 2.45) is 0 Å². The summed E-state index contributed by atoms with van der Waals surface area (Å²) in [5.74, 6) is -0.391. The molecule has 1 aliphatic heterocycles. The highest BCUT2D eigenvalue weighted by molar-refractivity contribution is 5.85. The first-order valence-corrected chi connectivity index (χ1v) is 4.62. The van der Waals surface area contributed by atoms with Gasteiger partial charge in [-0.2, -0.15) is 0 Å². The van der Waals surface area contributed by atoms with E-state index in [-0.39, 0.29) is 5.56 Å². The van der Waals surface area contributed by atoms with Gasteiger partial charge in [0.2, 0.25) is 0 Å². The first-order chi connectivity index (χ1) is 7.27. The highest BCUT2D eigenvalue weighted by atomic mass is 19.1. The molecule has 0 fully saturated rings. The van der Waals surface area contributed by atoms with E-state index in [0.29, 0.717) is 23.1 Å². The van der Waals surface area contributed by atoms with Crippen LogP contribution in [-0.2, 0) is 6.54 Å². The lowest BCUT2D eigenvalue weighted by Gasteiger charge is -2.14. The van der Waals surface area contributed by atoms with Crippen LogP contribution in [0.5, 0.6) is 0 Å². The Balaban J connectivity index is 2.62. The predicted molar refractivity (Wildman–Crippen MR) is 55.0 cm³/mol. The average Bonchev–Trinajstić information content (AvgIpc) is 2.27. The lowest BCUT2D eigenvalue weighted by atomic mass is 10.1. The van der Waals surface area contributed by atoms with Gasteiger partial charge in [0.25, 0.3) is 5.56 Å². The van der Waals surface area contributed by atoms with E-state index in [4.69, 9.17) is 0 Å². The molecular weight excluding hydrogens is 195 g/mol. The van der Waals surface area contributed by atoms with Crippen LogP contribution in [0.3, 0.4) is 0 Å². The molecule has 0 bridgehead atoms. The van der Waals surface area contributed by atoms with Gasteiger partial charge in [-0.1, -0.05) is 12.2 Å². The molecule has 15 heavy (non-hydrogen) atoms. The minimum absolute atomic E-state index is 0.125. The van der Waals surface area contributed by atoms with Gasteiger partial charge in [0, 0.05) is 18.2 Å². The van der Waals surface area contributed by atoms with Crippen LogP contribution in [0.25, 0.3) is 17.1 Å². The molecule has 0 atom stereocenters. The maximum atomic E-state index is 13.4. The van der Waals surface area contributed by atoms with Crippen LogP contribution >= 0.6 is 0 Å². The maximum absolute atomic E-state index is 13.4. The Morgan fingerprint density at radius 2 is 2.27 bits per heavy atom.